The molecule has 0 radical (unpaired) electrons. The molecule has 0 spiro atoms. The van der Waals surface area contributed by atoms with E-state index in [-0.39, 0.29) is 29.7 Å². The Kier molecular flexibility index (Phi) is 5.41. The second-order valence-corrected chi connectivity index (χ2v) is 5.11. The molecular formula is C16H18BFO4. The highest BCUT2D eigenvalue weighted by molar-refractivity contribution is 6.58. The molecule has 2 aromatic rings. The number of benzene rings is 2. The summed E-state index contributed by atoms with van der Waals surface area (Å²) >= 11 is 0. The summed E-state index contributed by atoms with van der Waals surface area (Å²) < 4.78 is 25.5. The lowest BCUT2D eigenvalue weighted by Crippen LogP contribution is -2.33. The zero-order valence-electron chi connectivity index (χ0n) is 12.5. The van der Waals surface area contributed by atoms with Gasteiger partial charge in [0.15, 0.2) is 17.3 Å². The first kappa shape index (κ1) is 16.3. The van der Waals surface area contributed by atoms with Crippen molar-refractivity contribution in [3.8, 4) is 11.5 Å². The molecule has 0 unspecified atom stereocenters. The van der Waals surface area contributed by atoms with Gasteiger partial charge in [-0.1, -0.05) is 36.4 Å². The Morgan fingerprint density at radius 3 is 2.36 bits per heavy atom. The average Bonchev–Trinajstić information content (AvgIpc) is 2.47. The van der Waals surface area contributed by atoms with Gasteiger partial charge >= 0.3 is 7.12 Å². The first-order valence-corrected chi connectivity index (χ1v) is 7.01. The molecule has 2 rings (SSSR count). The minimum Gasteiger partial charge on any atom is -0.487 e. The molecule has 0 saturated carbocycles. The van der Waals surface area contributed by atoms with Crippen molar-refractivity contribution >= 4 is 12.6 Å². The van der Waals surface area contributed by atoms with Crippen molar-refractivity contribution in [3.05, 3.63) is 53.8 Å². The first-order valence-electron chi connectivity index (χ1n) is 7.01. The van der Waals surface area contributed by atoms with Gasteiger partial charge < -0.3 is 19.5 Å². The van der Waals surface area contributed by atoms with Crippen LogP contribution in [-0.4, -0.2) is 23.3 Å². The Balaban J connectivity index is 2.30. The largest absolute Gasteiger partial charge is 0.491 e. The van der Waals surface area contributed by atoms with E-state index in [1.165, 1.54) is 12.1 Å². The van der Waals surface area contributed by atoms with Crippen molar-refractivity contribution in [2.24, 2.45) is 0 Å². The fraction of sp³-hybridized carbons (Fsp3) is 0.250. The summed E-state index contributed by atoms with van der Waals surface area (Å²) in [6.07, 6.45) is -0.164. The zero-order chi connectivity index (χ0) is 16.1. The van der Waals surface area contributed by atoms with Gasteiger partial charge in [0.25, 0.3) is 0 Å². The third-order valence-corrected chi connectivity index (χ3v) is 2.96. The number of hydrogen-bond acceptors (Lipinski definition) is 4. The van der Waals surface area contributed by atoms with Crippen molar-refractivity contribution in [2.45, 2.75) is 26.6 Å². The van der Waals surface area contributed by atoms with Crippen LogP contribution in [0.5, 0.6) is 11.5 Å². The Morgan fingerprint density at radius 1 is 1.09 bits per heavy atom. The third kappa shape index (κ3) is 3.99. The summed E-state index contributed by atoms with van der Waals surface area (Å²) in [5.41, 5.74) is 0.617. The van der Waals surface area contributed by atoms with Gasteiger partial charge in [-0.25, -0.2) is 4.39 Å². The van der Waals surface area contributed by atoms with Gasteiger partial charge in [0, 0.05) is 5.46 Å². The molecule has 0 aromatic heterocycles. The van der Waals surface area contributed by atoms with E-state index in [2.05, 4.69) is 0 Å². The maximum absolute atomic E-state index is 14.4. The second-order valence-electron chi connectivity index (χ2n) is 5.11. The summed E-state index contributed by atoms with van der Waals surface area (Å²) in [6, 6.07) is 12.0. The highest BCUT2D eigenvalue weighted by atomic mass is 19.1. The standard InChI is InChI=1S/C16H18BFO4/c1-11(2)22-14-9-8-13(17(19)20)15(18)16(14)21-10-12-6-4-3-5-7-12/h3-9,11,19-20H,10H2,1-2H3. The van der Waals surface area contributed by atoms with E-state index >= 15 is 0 Å². The minimum absolute atomic E-state index is 0.122. The van der Waals surface area contributed by atoms with Gasteiger partial charge in [0.2, 0.25) is 0 Å². The van der Waals surface area contributed by atoms with Crippen molar-refractivity contribution < 1.29 is 23.9 Å². The van der Waals surface area contributed by atoms with E-state index in [4.69, 9.17) is 9.47 Å². The van der Waals surface area contributed by atoms with Crippen LogP contribution in [0.1, 0.15) is 19.4 Å². The molecule has 0 heterocycles. The molecule has 0 amide bonds. The smallest absolute Gasteiger partial charge is 0.487 e. The monoisotopic (exact) mass is 304 g/mol. The maximum atomic E-state index is 14.4. The topological polar surface area (TPSA) is 58.9 Å². The fourth-order valence-corrected chi connectivity index (χ4v) is 1.96. The van der Waals surface area contributed by atoms with Gasteiger partial charge in [-0.05, 0) is 25.5 Å². The summed E-state index contributed by atoms with van der Waals surface area (Å²) in [5.74, 6) is -0.722. The summed E-state index contributed by atoms with van der Waals surface area (Å²) in [6.45, 7) is 3.78. The molecule has 0 bridgehead atoms. The second kappa shape index (κ2) is 7.29. The molecule has 0 atom stereocenters. The number of rotatable bonds is 6. The number of halogens is 1. The minimum atomic E-state index is -1.91. The lowest BCUT2D eigenvalue weighted by molar-refractivity contribution is 0.213. The Hall–Kier alpha value is -2.05. The van der Waals surface area contributed by atoms with Crippen molar-refractivity contribution in [1.29, 1.82) is 0 Å². The lowest BCUT2D eigenvalue weighted by atomic mass is 9.79. The molecule has 0 saturated heterocycles. The van der Waals surface area contributed by atoms with E-state index in [0.717, 1.165) is 5.56 Å². The van der Waals surface area contributed by atoms with Gasteiger partial charge in [-0.2, -0.15) is 0 Å². The van der Waals surface area contributed by atoms with Crippen LogP contribution in [0.15, 0.2) is 42.5 Å². The van der Waals surface area contributed by atoms with E-state index in [0.29, 0.717) is 0 Å². The highest BCUT2D eigenvalue weighted by Crippen LogP contribution is 2.31. The van der Waals surface area contributed by atoms with Crippen molar-refractivity contribution in [2.75, 3.05) is 0 Å². The van der Waals surface area contributed by atoms with Gasteiger partial charge in [-0.3, -0.25) is 0 Å². The highest BCUT2D eigenvalue weighted by Gasteiger charge is 2.23. The lowest BCUT2D eigenvalue weighted by Gasteiger charge is -2.17. The maximum Gasteiger partial charge on any atom is 0.491 e. The van der Waals surface area contributed by atoms with Crippen LogP contribution in [-0.2, 0) is 6.61 Å². The van der Waals surface area contributed by atoms with Crippen LogP contribution in [0.3, 0.4) is 0 Å². The van der Waals surface area contributed by atoms with Crippen LogP contribution < -0.4 is 14.9 Å². The van der Waals surface area contributed by atoms with E-state index in [1.54, 1.807) is 0 Å². The molecule has 2 aromatic carbocycles. The Bertz CT molecular complexity index is 617. The van der Waals surface area contributed by atoms with Crippen LogP contribution in [0.25, 0.3) is 0 Å². The zero-order valence-corrected chi connectivity index (χ0v) is 12.5. The molecule has 4 nitrogen and oxygen atoms in total. The first-order chi connectivity index (χ1) is 10.5. The van der Waals surface area contributed by atoms with Crippen LogP contribution >= 0.6 is 0 Å². The molecule has 0 fully saturated rings. The van der Waals surface area contributed by atoms with E-state index in [1.807, 2.05) is 44.2 Å². The predicted octanol–water partition coefficient (Wildman–Crippen LogP) is 1.87. The summed E-state index contributed by atoms with van der Waals surface area (Å²) in [7, 11) is -1.91. The molecule has 0 aliphatic rings. The molecule has 6 heteroatoms. The van der Waals surface area contributed by atoms with Crippen molar-refractivity contribution in [3.63, 3.8) is 0 Å². The molecular weight excluding hydrogens is 286 g/mol. The van der Waals surface area contributed by atoms with Crippen molar-refractivity contribution in [1.82, 2.24) is 0 Å². The Morgan fingerprint density at radius 2 is 1.77 bits per heavy atom. The molecule has 22 heavy (non-hydrogen) atoms. The van der Waals surface area contributed by atoms with E-state index in [9.17, 15) is 14.4 Å². The average molecular weight is 304 g/mol. The molecule has 0 aliphatic heterocycles. The van der Waals surface area contributed by atoms with Gasteiger partial charge in [0.05, 0.1) is 6.10 Å². The number of ether oxygens (including phenoxy) is 2. The normalized spacial score (nSPS) is 10.6. The third-order valence-electron chi connectivity index (χ3n) is 2.96. The number of hydrogen-bond donors (Lipinski definition) is 2. The summed E-state index contributed by atoms with van der Waals surface area (Å²) in [5, 5.41) is 18.4. The van der Waals surface area contributed by atoms with Gasteiger partial charge in [-0.15, -0.1) is 0 Å². The van der Waals surface area contributed by atoms with E-state index < -0.39 is 12.9 Å². The molecule has 0 aliphatic carbocycles. The molecule has 116 valence electrons. The predicted molar refractivity (Wildman–Crippen MR) is 82.8 cm³/mol. The van der Waals surface area contributed by atoms with Crippen LogP contribution in [0.4, 0.5) is 4.39 Å². The molecule has 2 N–H and O–H groups in total. The summed E-state index contributed by atoms with van der Waals surface area (Å²) in [4.78, 5) is 0. The fourth-order valence-electron chi connectivity index (χ4n) is 1.96. The Labute approximate surface area is 129 Å². The van der Waals surface area contributed by atoms with Crippen LogP contribution in [0, 0.1) is 5.82 Å². The quantitative estimate of drug-likeness (QED) is 0.800. The van der Waals surface area contributed by atoms with Crippen LogP contribution in [0.2, 0.25) is 0 Å². The van der Waals surface area contributed by atoms with Gasteiger partial charge in [0.1, 0.15) is 6.61 Å². The SMILES string of the molecule is CC(C)Oc1ccc(B(O)O)c(F)c1OCc1ccccc1.